The summed E-state index contributed by atoms with van der Waals surface area (Å²) >= 11 is 0. The van der Waals surface area contributed by atoms with Crippen LogP contribution in [0.4, 0.5) is 0 Å². The second-order valence-corrected chi connectivity index (χ2v) is 5.81. The topological polar surface area (TPSA) is 104 Å². The van der Waals surface area contributed by atoms with Gasteiger partial charge >= 0.3 is 0 Å². The van der Waals surface area contributed by atoms with E-state index in [4.69, 9.17) is 4.74 Å². The molecule has 0 N–H and O–H groups in total. The summed E-state index contributed by atoms with van der Waals surface area (Å²) in [5.74, 6) is 0.585. The first kappa shape index (κ1) is 17.5. The van der Waals surface area contributed by atoms with Crippen LogP contribution < -0.4 is 4.74 Å². The fourth-order valence-electron chi connectivity index (χ4n) is 3.00. The molecule has 0 aliphatic heterocycles. The largest absolute Gasteiger partial charge is 0.489 e. The van der Waals surface area contributed by atoms with Crippen LogP contribution in [0.25, 0.3) is 11.1 Å². The minimum Gasteiger partial charge on any atom is -0.489 e. The van der Waals surface area contributed by atoms with Crippen LogP contribution in [0.3, 0.4) is 0 Å². The van der Waals surface area contributed by atoms with Crippen molar-refractivity contribution >= 4 is 11.1 Å². The molecule has 0 radical (unpaired) electrons. The third-order valence-electron chi connectivity index (χ3n) is 4.29. The Morgan fingerprint density at radius 1 is 0.778 bits per heavy atom. The van der Waals surface area contributed by atoms with E-state index in [1.165, 1.54) is 0 Å². The van der Waals surface area contributed by atoms with Gasteiger partial charge in [-0.05, 0) is 40.0 Å². The molecule has 2 aromatic rings. The number of ether oxygens (including phenoxy) is 1. The van der Waals surface area contributed by atoms with Crippen molar-refractivity contribution in [3.05, 3.63) is 76.4 Å². The minimum atomic E-state index is -0.0262. The van der Waals surface area contributed by atoms with Crippen molar-refractivity contribution in [2.24, 2.45) is 0 Å². The van der Waals surface area contributed by atoms with Crippen molar-refractivity contribution in [1.29, 1.82) is 21.0 Å². The van der Waals surface area contributed by atoms with Gasteiger partial charge in [0, 0.05) is 6.42 Å². The molecular weight excluding hydrogens is 336 g/mol. The van der Waals surface area contributed by atoms with Gasteiger partial charge in [0.05, 0.1) is 0 Å². The van der Waals surface area contributed by atoms with Crippen LogP contribution in [0.2, 0.25) is 0 Å². The molecule has 3 rings (SSSR count). The van der Waals surface area contributed by atoms with Crippen molar-refractivity contribution in [2.75, 3.05) is 0 Å². The van der Waals surface area contributed by atoms with E-state index in [-0.39, 0.29) is 17.6 Å². The number of allylic oxidation sites excluding steroid dienone is 4. The van der Waals surface area contributed by atoms with E-state index in [1.54, 1.807) is 18.2 Å². The summed E-state index contributed by atoms with van der Waals surface area (Å²) in [7, 11) is 0. The van der Waals surface area contributed by atoms with Crippen molar-refractivity contribution in [1.82, 2.24) is 0 Å². The third-order valence-corrected chi connectivity index (χ3v) is 4.29. The molecule has 126 valence electrons. The van der Waals surface area contributed by atoms with E-state index in [9.17, 15) is 21.0 Å². The minimum absolute atomic E-state index is 0.0144. The maximum absolute atomic E-state index is 9.26. The lowest BCUT2D eigenvalue weighted by atomic mass is 10.0. The van der Waals surface area contributed by atoms with E-state index in [0.29, 0.717) is 34.6 Å². The van der Waals surface area contributed by atoms with Gasteiger partial charge < -0.3 is 4.74 Å². The van der Waals surface area contributed by atoms with Gasteiger partial charge in [0.15, 0.2) is 0 Å². The second-order valence-electron chi connectivity index (χ2n) is 5.81. The molecule has 27 heavy (non-hydrogen) atoms. The molecule has 0 unspecified atom stereocenters. The van der Waals surface area contributed by atoms with Crippen LogP contribution in [-0.4, -0.2) is 0 Å². The highest BCUT2D eigenvalue weighted by Crippen LogP contribution is 2.44. The number of nitrogens with zero attached hydrogens (tertiary/aromatic N) is 4. The van der Waals surface area contributed by atoms with Crippen LogP contribution in [0.15, 0.2) is 59.7 Å². The normalized spacial score (nSPS) is 11.4. The molecule has 0 amide bonds. The highest BCUT2D eigenvalue weighted by molar-refractivity contribution is 5.98. The van der Waals surface area contributed by atoms with Crippen molar-refractivity contribution < 1.29 is 4.74 Å². The first-order valence-electron chi connectivity index (χ1n) is 8.10. The highest BCUT2D eigenvalue weighted by Gasteiger charge is 2.27. The maximum atomic E-state index is 9.26. The van der Waals surface area contributed by atoms with E-state index in [0.717, 1.165) is 5.56 Å². The van der Waals surface area contributed by atoms with Gasteiger partial charge in [-0.15, -0.1) is 0 Å². The second kappa shape index (κ2) is 7.71. The molecule has 0 saturated carbocycles. The SMILES string of the molecule is N#CC(C#N)=C1CC(=C(C#N)C#N)c2cc(OCc3ccccc3)ccc21. The fourth-order valence-corrected chi connectivity index (χ4v) is 3.00. The smallest absolute Gasteiger partial charge is 0.133 e. The van der Waals surface area contributed by atoms with Crippen molar-refractivity contribution in [3.8, 4) is 30.0 Å². The number of fused-ring (bicyclic) bond motifs is 1. The predicted molar refractivity (Wildman–Crippen MR) is 98.1 cm³/mol. The number of benzene rings is 2. The lowest BCUT2D eigenvalue weighted by molar-refractivity contribution is 0.306. The van der Waals surface area contributed by atoms with Gasteiger partial charge in [-0.2, -0.15) is 21.0 Å². The standard InChI is InChI=1S/C22H12N4O/c23-10-16(11-24)20-9-21(17(12-25)13-26)22-8-18(6-7-19(20)22)27-14-15-4-2-1-3-5-15/h1-8H,9,14H2. The summed E-state index contributed by atoms with van der Waals surface area (Å²) in [6.45, 7) is 0.381. The molecule has 5 heteroatoms. The summed E-state index contributed by atoms with van der Waals surface area (Å²) in [4.78, 5) is 0. The lowest BCUT2D eigenvalue weighted by Gasteiger charge is -2.09. The Hall–Kier alpha value is -4.32. The summed E-state index contributed by atoms with van der Waals surface area (Å²) in [5, 5.41) is 37.0. The average Bonchev–Trinajstić information content (AvgIpc) is 3.08. The zero-order chi connectivity index (χ0) is 19.2. The zero-order valence-corrected chi connectivity index (χ0v) is 14.2. The monoisotopic (exact) mass is 348 g/mol. The number of rotatable bonds is 3. The highest BCUT2D eigenvalue weighted by atomic mass is 16.5. The Kier molecular flexibility index (Phi) is 5.00. The van der Waals surface area contributed by atoms with Crippen LogP contribution >= 0.6 is 0 Å². The van der Waals surface area contributed by atoms with Gasteiger partial charge in [0.25, 0.3) is 0 Å². The third kappa shape index (κ3) is 3.40. The molecule has 2 aromatic carbocycles. The molecular formula is C22H12N4O. The molecule has 0 fully saturated rings. The Labute approximate surface area is 156 Å². The van der Waals surface area contributed by atoms with Gasteiger partial charge in [0.1, 0.15) is 47.8 Å². The van der Waals surface area contributed by atoms with Crippen molar-refractivity contribution in [2.45, 2.75) is 13.0 Å². The Morgan fingerprint density at radius 2 is 1.37 bits per heavy atom. The molecule has 0 atom stereocenters. The van der Waals surface area contributed by atoms with Gasteiger partial charge in [0.2, 0.25) is 0 Å². The number of hydrogen-bond acceptors (Lipinski definition) is 5. The van der Waals surface area contributed by atoms with Crippen LogP contribution in [0.5, 0.6) is 5.75 Å². The lowest BCUT2D eigenvalue weighted by Crippen LogP contribution is -1.96. The fraction of sp³-hybridized carbons (Fsp3) is 0.0909. The summed E-state index contributed by atoms with van der Waals surface area (Å²) in [5.41, 5.74) is 3.34. The molecule has 0 spiro atoms. The van der Waals surface area contributed by atoms with E-state index < -0.39 is 0 Å². The van der Waals surface area contributed by atoms with E-state index >= 15 is 0 Å². The molecule has 1 aliphatic carbocycles. The summed E-state index contributed by atoms with van der Waals surface area (Å²) < 4.78 is 5.83. The quantitative estimate of drug-likeness (QED) is 0.770. The van der Waals surface area contributed by atoms with Gasteiger partial charge in [-0.3, -0.25) is 0 Å². The Morgan fingerprint density at radius 3 is 1.96 bits per heavy atom. The van der Waals surface area contributed by atoms with Crippen molar-refractivity contribution in [3.63, 3.8) is 0 Å². The average molecular weight is 348 g/mol. The first-order valence-corrected chi connectivity index (χ1v) is 8.10. The van der Waals surface area contributed by atoms with Crippen LogP contribution in [0, 0.1) is 45.3 Å². The summed E-state index contributed by atoms with van der Waals surface area (Å²) in [6.07, 6.45) is 0.199. The summed E-state index contributed by atoms with van der Waals surface area (Å²) in [6, 6.07) is 22.5. The van der Waals surface area contributed by atoms with Gasteiger partial charge in [-0.25, -0.2) is 0 Å². The molecule has 0 saturated heterocycles. The molecule has 1 aliphatic rings. The molecule has 0 bridgehead atoms. The van der Waals surface area contributed by atoms with E-state index in [1.807, 2.05) is 54.6 Å². The zero-order valence-electron chi connectivity index (χ0n) is 14.2. The van der Waals surface area contributed by atoms with Crippen LogP contribution in [0.1, 0.15) is 23.1 Å². The van der Waals surface area contributed by atoms with Crippen LogP contribution in [-0.2, 0) is 6.61 Å². The van der Waals surface area contributed by atoms with E-state index in [2.05, 4.69) is 0 Å². The molecule has 5 nitrogen and oxygen atoms in total. The molecule has 0 heterocycles. The Balaban J connectivity index is 2.05. The Bertz CT molecular complexity index is 1100. The molecule has 0 aromatic heterocycles. The first-order chi connectivity index (χ1) is 13.2. The number of hydrogen-bond donors (Lipinski definition) is 0. The van der Waals surface area contributed by atoms with Gasteiger partial charge in [-0.1, -0.05) is 36.4 Å². The predicted octanol–water partition coefficient (Wildman–Crippen LogP) is 4.27. The maximum Gasteiger partial charge on any atom is 0.133 e. The number of nitriles is 4.